The van der Waals surface area contributed by atoms with E-state index in [0.29, 0.717) is 6.61 Å². The molecule has 0 saturated carbocycles. The quantitative estimate of drug-likeness (QED) is 0.770. The van der Waals surface area contributed by atoms with E-state index < -0.39 is 0 Å². The summed E-state index contributed by atoms with van der Waals surface area (Å²) in [5, 5.41) is 0. The van der Waals surface area contributed by atoms with Gasteiger partial charge in [-0.1, -0.05) is 24.3 Å². The van der Waals surface area contributed by atoms with Crippen molar-refractivity contribution in [2.45, 2.75) is 13.5 Å². The van der Waals surface area contributed by atoms with E-state index in [9.17, 15) is 0 Å². The first-order valence-electron chi connectivity index (χ1n) is 5.18. The van der Waals surface area contributed by atoms with Crippen molar-refractivity contribution in [2.24, 2.45) is 0 Å². The van der Waals surface area contributed by atoms with Gasteiger partial charge in [0.2, 0.25) is 0 Å². The van der Waals surface area contributed by atoms with Crippen LogP contribution in [0.3, 0.4) is 0 Å². The highest BCUT2D eigenvalue weighted by atomic mass is 127. The van der Waals surface area contributed by atoms with Gasteiger partial charge in [0.15, 0.2) is 0 Å². The minimum Gasteiger partial charge on any atom is -0.489 e. The number of rotatable bonds is 3. The summed E-state index contributed by atoms with van der Waals surface area (Å²) in [5.41, 5.74) is 2.51. The first-order valence-corrected chi connectivity index (χ1v) is 6.26. The van der Waals surface area contributed by atoms with Crippen LogP contribution >= 0.6 is 22.6 Å². The number of aryl methyl sites for hydroxylation is 1. The molecule has 0 bridgehead atoms. The van der Waals surface area contributed by atoms with E-state index in [2.05, 4.69) is 41.6 Å². The lowest BCUT2D eigenvalue weighted by Gasteiger charge is -2.08. The second kappa shape index (κ2) is 5.34. The summed E-state index contributed by atoms with van der Waals surface area (Å²) in [5.74, 6) is 0.920. The van der Waals surface area contributed by atoms with Crippen molar-refractivity contribution in [1.29, 1.82) is 0 Å². The van der Waals surface area contributed by atoms with Crippen molar-refractivity contribution in [2.75, 3.05) is 0 Å². The Labute approximate surface area is 110 Å². The molecule has 0 aliphatic carbocycles. The van der Waals surface area contributed by atoms with Crippen LogP contribution in [0.4, 0.5) is 0 Å². The molecule has 0 radical (unpaired) electrons. The average molecular weight is 324 g/mol. The van der Waals surface area contributed by atoms with Crippen molar-refractivity contribution in [3.8, 4) is 5.75 Å². The molecule has 2 heteroatoms. The summed E-state index contributed by atoms with van der Waals surface area (Å²) in [4.78, 5) is 0. The molecule has 0 spiro atoms. The fraction of sp³-hybridized carbons (Fsp3) is 0.143. The molecule has 0 aliphatic rings. The Morgan fingerprint density at radius 1 is 1.00 bits per heavy atom. The average Bonchev–Trinajstić information content (AvgIpc) is 2.30. The Balaban J connectivity index is 2.02. The molecule has 0 N–H and O–H groups in total. The van der Waals surface area contributed by atoms with Crippen molar-refractivity contribution in [3.63, 3.8) is 0 Å². The van der Waals surface area contributed by atoms with Gasteiger partial charge < -0.3 is 4.74 Å². The maximum Gasteiger partial charge on any atom is 0.119 e. The van der Waals surface area contributed by atoms with Crippen LogP contribution in [0.1, 0.15) is 11.1 Å². The van der Waals surface area contributed by atoms with E-state index in [1.54, 1.807) is 0 Å². The van der Waals surface area contributed by atoms with Crippen LogP contribution in [0, 0.1) is 10.5 Å². The third kappa shape index (κ3) is 2.98. The standard InChI is InChI=1S/C14H13IO/c1-11-4-2-3-5-12(11)10-16-14-8-6-13(15)7-9-14/h2-9H,10H2,1H3. The fourth-order valence-electron chi connectivity index (χ4n) is 1.46. The van der Waals surface area contributed by atoms with E-state index in [1.165, 1.54) is 14.7 Å². The zero-order valence-corrected chi connectivity index (χ0v) is 11.3. The van der Waals surface area contributed by atoms with Gasteiger partial charge in [-0.25, -0.2) is 0 Å². The van der Waals surface area contributed by atoms with Crippen LogP contribution in [-0.2, 0) is 6.61 Å². The normalized spacial score (nSPS) is 10.1. The second-order valence-electron chi connectivity index (χ2n) is 3.67. The Morgan fingerprint density at radius 2 is 1.69 bits per heavy atom. The van der Waals surface area contributed by atoms with Gasteiger partial charge in [0, 0.05) is 3.57 Å². The summed E-state index contributed by atoms with van der Waals surface area (Å²) in [6.45, 7) is 2.74. The van der Waals surface area contributed by atoms with Gasteiger partial charge >= 0.3 is 0 Å². The minimum atomic E-state index is 0.632. The van der Waals surface area contributed by atoms with Crippen molar-refractivity contribution < 1.29 is 4.74 Å². The van der Waals surface area contributed by atoms with Gasteiger partial charge in [-0.2, -0.15) is 0 Å². The Hall–Kier alpha value is -1.03. The van der Waals surface area contributed by atoms with E-state index in [-0.39, 0.29) is 0 Å². The van der Waals surface area contributed by atoms with Gasteiger partial charge in [0.05, 0.1) is 0 Å². The lowest BCUT2D eigenvalue weighted by molar-refractivity contribution is 0.305. The maximum atomic E-state index is 5.72. The lowest BCUT2D eigenvalue weighted by Crippen LogP contribution is -1.97. The predicted octanol–water partition coefficient (Wildman–Crippen LogP) is 4.18. The summed E-state index contributed by atoms with van der Waals surface area (Å²) in [7, 11) is 0. The zero-order valence-electron chi connectivity index (χ0n) is 9.11. The minimum absolute atomic E-state index is 0.632. The first kappa shape index (κ1) is 11.5. The third-order valence-corrected chi connectivity index (χ3v) is 3.19. The maximum absolute atomic E-state index is 5.72. The van der Waals surface area contributed by atoms with E-state index in [1.807, 2.05) is 36.4 Å². The first-order chi connectivity index (χ1) is 7.75. The van der Waals surface area contributed by atoms with Gasteiger partial charge in [-0.3, -0.25) is 0 Å². The molecule has 0 heterocycles. The molecule has 0 fully saturated rings. The number of benzene rings is 2. The molecular weight excluding hydrogens is 311 g/mol. The number of hydrogen-bond acceptors (Lipinski definition) is 1. The van der Waals surface area contributed by atoms with Crippen molar-refractivity contribution in [3.05, 3.63) is 63.2 Å². The Morgan fingerprint density at radius 3 is 2.38 bits per heavy atom. The zero-order chi connectivity index (χ0) is 11.4. The molecule has 0 aromatic heterocycles. The van der Waals surface area contributed by atoms with Crippen LogP contribution in [0.25, 0.3) is 0 Å². The van der Waals surface area contributed by atoms with Crippen LogP contribution < -0.4 is 4.74 Å². The number of ether oxygens (including phenoxy) is 1. The molecule has 0 saturated heterocycles. The number of hydrogen-bond donors (Lipinski definition) is 0. The fourth-order valence-corrected chi connectivity index (χ4v) is 1.82. The van der Waals surface area contributed by atoms with Crippen molar-refractivity contribution >= 4 is 22.6 Å². The smallest absolute Gasteiger partial charge is 0.119 e. The Bertz CT molecular complexity index is 462. The predicted molar refractivity (Wildman–Crippen MR) is 74.7 cm³/mol. The van der Waals surface area contributed by atoms with Crippen LogP contribution in [-0.4, -0.2) is 0 Å². The summed E-state index contributed by atoms with van der Waals surface area (Å²) < 4.78 is 6.95. The molecule has 0 unspecified atom stereocenters. The topological polar surface area (TPSA) is 9.23 Å². The van der Waals surface area contributed by atoms with Crippen LogP contribution in [0.15, 0.2) is 48.5 Å². The highest BCUT2D eigenvalue weighted by Gasteiger charge is 1.98. The molecule has 16 heavy (non-hydrogen) atoms. The highest BCUT2D eigenvalue weighted by Crippen LogP contribution is 2.16. The third-order valence-electron chi connectivity index (χ3n) is 2.47. The lowest BCUT2D eigenvalue weighted by atomic mass is 10.1. The van der Waals surface area contributed by atoms with Gasteiger partial charge in [0.25, 0.3) is 0 Å². The van der Waals surface area contributed by atoms with Crippen LogP contribution in [0.5, 0.6) is 5.75 Å². The molecular formula is C14H13IO. The van der Waals surface area contributed by atoms with E-state index in [4.69, 9.17) is 4.74 Å². The monoisotopic (exact) mass is 324 g/mol. The summed E-state index contributed by atoms with van der Waals surface area (Å²) in [6, 6.07) is 16.4. The molecule has 2 aromatic rings. The van der Waals surface area contributed by atoms with Gasteiger partial charge in [-0.05, 0) is 64.9 Å². The molecule has 0 amide bonds. The van der Waals surface area contributed by atoms with Gasteiger partial charge in [-0.15, -0.1) is 0 Å². The Kier molecular flexibility index (Phi) is 3.83. The molecule has 2 aromatic carbocycles. The van der Waals surface area contributed by atoms with E-state index in [0.717, 1.165) is 5.75 Å². The molecule has 1 nitrogen and oxygen atoms in total. The van der Waals surface area contributed by atoms with Crippen LogP contribution in [0.2, 0.25) is 0 Å². The highest BCUT2D eigenvalue weighted by molar-refractivity contribution is 14.1. The summed E-state index contributed by atoms with van der Waals surface area (Å²) >= 11 is 2.29. The molecule has 0 atom stereocenters. The van der Waals surface area contributed by atoms with Gasteiger partial charge in [0.1, 0.15) is 12.4 Å². The SMILES string of the molecule is Cc1ccccc1COc1ccc(I)cc1. The van der Waals surface area contributed by atoms with Crippen molar-refractivity contribution in [1.82, 2.24) is 0 Å². The molecule has 0 aliphatic heterocycles. The summed E-state index contributed by atoms with van der Waals surface area (Å²) in [6.07, 6.45) is 0. The van der Waals surface area contributed by atoms with E-state index >= 15 is 0 Å². The molecule has 2 rings (SSSR count). The molecule has 82 valence electrons. The second-order valence-corrected chi connectivity index (χ2v) is 4.91. The largest absolute Gasteiger partial charge is 0.489 e. The number of halogens is 1.